The average molecular weight is 442 g/mol. The number of benzene rings is 2. The number of nitrogens with zero attached hydrogens (tertiary/aromatic N) is 3. The first kappa shape index (κ1) is 20.1. The van der Waals surface area contributed by atoms with Crippen molar-refractivity contribution in [3.05, 3.63) is 100 Å². The number of pyridine rings is 1. The molecule has 0 saturated heterocycles. The highest BCUT2D eigenvalue weighted by Crippen LogP contribution is 2.31. The van der Waals surface area contributed by atoms with Crippen molar-refractivity contribution in [2.24, 2.45) is 0 Å². The van der Waals surface area contributed by atoms with Crippen LogP contribution in [0.5, 0.6) is 0 Å². The molecule has 0 fully saturated rings. The molecule has 0 radical (unpaired) electrons. The second kappa shape index (κ2) is 8.36. The summed E-state index contributed by atoms with van der Waals surface area (Å²) in [6.07, 6.45) is 4.29. The van der Waals surface area contributed by atoms with Gasteiger partial charge in [-0.25, -0.2) is 9.78 Å². The maximum absolute atomic E-state index is 13.6. The number of anilines is 1. The summed E-state index contributed by atoms with van der Waals surface area (Å²) in [7, 11) is 0. The standard InChI is InChI=1S/C25H19N3O3S/c1-2-16-9-10-20-22(12-16)32-25(27-20)28(15-17-6-5-11-26-14-17)23(29)19-13-18-7-3-4-8-21(18)31-24(19)30/h3-14H,2,15H2,1H3. The first-order valence-electron chi connectivity index (χ1n) is 10.3. The average Bonchev–Trinajstić information content (AvgIpc) is 3.25. The van der Waals surface area contributed by atoms with Crippen LogP contribution in [0.25, 0.3) is 21.2 Å². The maximum atomic E-state index is 13.6. The van der Waals surface area contributed by atoms with Gasteiger partial charge < -0.3 is 4.42 Å². The van der Waals surface area contributed by atoms with Gasteiger partial charge in [-0.3, -0.25) is 14.7 Å². The van der Waals surface area contributed by atoms with Crippen LogP contribution in [0.2, 0.25) is 0 Å². The Balaban J connectivity index is 1.62. The van der Waals surface area contributed by atoms with Crippen molar-refractivity contribution in [3.8, 4) is 0 Å². The number of para-hydroxylation sites is 1. The molecule has 2 aromatic carbocycles. The minimum Gasteiger partial charge on any atom is -0.422 e. The Hall–Kier alpha value is -3.84. The number of thiazole rings is 1. The number of fused-ring (bicyclic) bond motifs is 2. The van der Waals surface area contributed by atoms with Crippen molar-refractivity contribution < 1.29 is 9.21 Å². The van der Waals surface area contributed by atoms with E-state index in [0.717, 1.165) is 22.2 Å². The van der Waals surface area contributed by atoms with Crippen LogP contribution in [-0.4, -0.2) is 15.9 Å². The van der Waals surface area contributed by atoms with Crippen molar-refractivity contribution in [2.75, 3.05) is 4.90 Å². The van der Waals surface area contributed by atoms with E-state index in [0.29, 0.717) is 16.1 Å². The van der Waals surface area contributed by atoms with E-state index >= 15 is 0 Å². The molecule has 0 aliphatic rings. The Morgan fingerprint density at radius 1 is 1.06 bits per heavy atom. The number of carbonyl (C=O) groups excluding carboxylic acids is 1. The summed E-state index contributed by atoms with van der Waals surface area (Å²) in [5.74, 6) is -0.455. The van der Waals surface area contributed by atoms with Gasteiger partial charge in [0.05, 0.1) is 16.8 Å². The van der Waals surface area contributed by atoms with E-state index in [1.165, 1.54) is 21.8 Å². The normalized spacial score (nSPS) is 11.2. The van der Waals surface area contributed by atoms with Crippen molar-refractivity contribution in [2.45, 2.75) is 19.9 Å². The Kier molecular flexibility index (Phi) is 5.25. The Bertz CT molecular complexity index is 1490. The van der Waals surface area contributed by atoms with E-state index in [-0.39, 0.29) is 12.1 Å². The van der Waals surface area contributed by atoms with Gasteiger partial charge >= 0.3 is 5.63 Å². The summed E-state index contributed by atoms with van der Waals surface area (Å²) < 4.78 is 6.40. The molecular formula is C25H19N3O3S. The molecule has 0 bridgehead atoms. The Labute approximate surface area is 187 Å². The monoisotopic (exact) mass is 441 g/mol. The van der Waals surface area contributed by atoms with Crippen molar-refractivity contribution in [3.63, 3.8) is 0 Å². The fourth-order valence-electron chi connectivity index (χ4n) is 3.55. The summed E-state index contributed by atoms with van der Waals surface area (Å²) in [6.45, 7) is 2.33. The first-order valence-corrected chi connectivity index (χ1v) is 11.1. The van der Waals surface area contributed by atoms with Crippen molar-refractivity contribution in [1.82, 2.24) is 9.97 Å². The predicted octanol–water partition coefficient (Wildman–Crippen LogP) is 5.21. The molecule has 158 valence electrons. The number of hydrogen-bond acceptors (Lipinski definition) is 6. The zero-order valence-electron chi connectivity index (χ0n) is 17.3. The van der Waals surface area contributed by atoms with Crippen LogP contribution in [0, 0.1) is 0 Å². The van der Waals surface area contributed by atoms with Crippen LogP contribution >= 0.6 is 11.3 Å². The fraction of sp³-hybridized carbons (Fsp3) is 0.120. The van der Waals surface area contributed by atoms with Gasteiger partial charge in [0.1, 0.15) is 11.1 Å². The minimum atomic E-state index is -0.667. The highest BCUT2D eigenvalue weighted by atomic mass is 32.1. The molecule has 0 saturated carbocycles. The molecule has 5 rings (SSSR count). The molecule has 3 heterocycles. The van der Waals surface area contributed by atoms with E-state index in [1.807, 2.05) is 36.4 Å². The number of hydrogen-bond donors (Lipinski definition) is 0. The van der Waals surface area contributed by atoms with Gasteiger partial charge in [0, 0.05) is 17.8 Å². The second-order valence-electron chi connectivity index (χ2n) is 7.39. The molecule has 0 atom stereocenters. The van der Waals surface area contributed by atoms with Gasteiger partial charge in [0.2, 0.25) is 0 Å². The van der Waals surface area contributed by atoms with Crippen LogP contribution in [0.4, 0.5) is 5.13 Å². The highest BCUT2D eigenvalue weighted by Gasteiger charge is 2.25. The zero-order chi connectivity index (χ0) is 22.1. The maximum Gasteiger partial charge on any atom is 0.349 e. The van der Waals surface area contributed by atoms with E-state index in [9.17, 15) is 9.59 Å². The Morgan fingerprint density at radius 3 is 2.75 bits per heavy atom. The summed E-state index contributed by atoms with van der Waals surface area (Å²) in [5.41, 5.74) is 2.60. The molecular weight excluding hydrogens is 422 g/mol. The van der Waals surface area contributed by atoms with Crippen LogP contribution in [0.3, 0.4) is 0 Å². The zero-order valence-corrected chi connectivity index (χ0v) is 18.1. The number of amides is 1. The second-order valence-corrected chi connectivity index (χ2v) is 8.40. The molecule has 5 aromatic rings. The van der Waals surface area contributed by atoms with Gasteiger partial charge in [-0.05, 0) is 47.9 Å². The number of aryl methyl sites for hydroxylation is 1. The lowest BCUT2D eigenvalue weighted by Crippen LogP contribution is -2.33. The third-order valence-corrected chi connectivity index (χ3v) is 6.30. The smallest absolute Gasteiger partial charge is 0.349 e. The van der Waals surface area contributed by atoms with Gasteiger partial charge in [-0.2, -0.15) is 0 Å². The lowest BCUT2D eigenvalue weighted by Gasteiger charge is -2.19. The molecule has 0 aliphatic heterocycles. The number of carbonyl (C=O) groups is 1. The van der Waals surface area contributed by atoms with E-state index in [1.54, 1.807) is 30.6 Å². The molecule has 3 aromatic heterocycles. The lowest BCUT2D eigenvalue weighted by atomic mass is 10.1. The predicted molar refractivity (Wildman–Crippen MR) is 126 cm³/mol. The van der Waals surface area contributed by atoms with Gasteiger partial charge in [0.15, 0.2) is 5.13 Å². The van der Waals surface area contributed by atoms with E-state index in [2.05, 4.69) is 18.0 Å². The van der Waals surface area contributed by atoms with Gasteiger partial charge in [-0.15, -0.1) is 0 Å². The summed E-state index contributed by atoms with van der Waals surface area (Å²) in [4.78, 5) is 36.7. The number of rotatable bonds is 5. The number of aromatic nitrogens is 2. The van der Waals surface area contributed by atoms with Crippen LogP contribution in [0.15, 0.2) is 82.3 Å². The third kappa shape index (κ3) is 3.78. The van der Waals surface area contributed by atoms with Gasteiger partial charge in [0.25, 0.3) is 5.91 Å². The topological polar surface area (TPSA) is 76.3 Å². The molecule has 0 unspecified atom stereocenters. The SMILES string of the molecule is CCc1ccc2nc(N(Cc3cccnc3)C(=O)c3cc4ccccc4oc3=O)sc2c1. The highest BCUT2D eigenvalue weighted by molar-refractivity contribution is 7.22. The largest absolute Gasteiger partial charge is 0.422 e. The fourth-order valence-corrected chi connectivity index (χ4v) is 4.58. The molecule has 32 heavy (non-hydrogen) atoms. The van der Waals surface area contributed by atoms with Crippen LogP contribution < -0.4 is 10.5 Å². The summed E-state index contributed by atoms with van der Waals surface area (Å²) in [5, 5.41) is 1.21. The van der Waals surface area contributed by atoms with E-state index < -0.39 is 11.5 Å². The molecule has 7 heteroatoms. The molecule has 0 aliphatic carbocycles. The Morgan fingerprint density at radius 2 is 1.94 bits per heavy atom. The van der Waals surface area contributed by atoms with E-state index in [4.69, 9.17) is 9.40 Å². The van der Waals surface area contributed by atoms with Gasteiger partial charge in [-0.1, -0.05) is 48.6 Å². The minimum absolute atomic E-state index is 0.0268. The molecule has 0 N–H and O–H groups in total. The molecule has 6 nitrogen and oxygen atoms in total. The van der Waals surface area contributed by atoms with Crippen LogP contribution in [-0.2, 0) is 13.0 Å². The van der Waals surface area contributed by atoms with Crippen molar-refractivity contribution >= 4 is 43.6 Å². The summed E-state index contributed by atoms with van der Waals surface area (Å²) >= 11 is 1.43. The molecule has 0 spiro atoms. The van der Waals surface area contributed by atoms with Crippen LogP contribution in [0.1, 0.15) is 28.4 Å². The third-order valence-electron chi connectivity index (χ3n) is 5.26. The van der Waals surface area contributed by atoms with Crippen molar-refractivity contribution in [1.29, 1.82) is 0 Å². The lowest BCUT2D eigenvalue weighted by molar-refractivity contribution is 0.0981. The molecule has 1 amide bonds. The first-order chi connectivity index (χ1) is 15.6. The summed E-state index contributed by atoms with van der Waals surface area (Å²) in [6, 6.07) is 18.5. The quantitative estimate of drug-likeness (QED) is 0.350.